The van der Waals surface area contributed by atoms with Gasteiger partial charge in [-0.2, -0.15) is 0 Å². The van der Waals surface area contributed by atoms with E-state index in [9.17, 15) is 10.1 Å². The summed E-state index contributed by atoms with van der Waals surface area (Å²) in [5.74, 6) is 1.32. The number of hydrogen-bond acceptors (Lipinski definition) is 5. The van der Waals surface area contributed by atoms with Crippen molar-refractivity contribution in [1.82, 2.24) is 5.32 Å². The van der Waals surface area contributed by atoms with Crippen molar-refractivity contribution in [2.24, 2.45) is 4.99 Å². The van der Waals surface area contributed by atoms with Crippen LogP contribution in [0, 0.1) is 24.0 Å². The Morgan fingerprint density at radius 3 is 2.76 bits per heavy atom. The topological polar surface area (TPSA) is 76.8 Å². The highest BCUT2D eigenvalue weighted by Gasteiger charge is 2.26. The molecule has 1 N–H and O–H groups in total. The molecule has 114 valence electrons. The molecule has 1 aliphatic heterocycles. The number of hydrogen-bond donors (Lipinski definition) is 1. The molecule has 6 nitrogen and oxygen atoms in total. The molecular formula is C14H18BrN3O3. The Labute approximate surface area is 131 Å². The predicted octanol–water partition coefficient (Wildman–Crippen LogP) is 3.13. The first-order chi connectivity index (χ1) is 9.95. The summed E-state index contributed by atoms with van der Waals surface area (Å²) in [5.41, 5.74) is 1.52. The van der Waals surface area contributed by atoms with Gasteiger partial charge in [0, 0.05) is 12.1 Å². The molecule has 1 aromatic rings. The zero-order chi connectivity index (χ0) is 15.6. The van der Waals surface area contributed by atoms with Crippen LogP contribution in [0.2, 0.25) is 0 Å². The van der Waals surface area contributed by atoms with Crippen molar-refractivity contribution in [3.05, 3.63) is 31.8 Å². The highest BCUT2D eigenvalue weighted by Crippen LogP contribution is 2.40. The van der Waals surface area contributed by atoms with Crippen LogP contribution in [0.3, 0.4) is 0 Å². The number of nitro benzene ring substituents is 1. The summed E-state index contributed by atoms with van der Waals surface area (Å²) < 4.78 is 6.40. The predicted molar refractivity (Wildman–Crippen MR) is 85.3 cm³/mol. The average molecular weight is 356 g/mol. The number of rotatable bonds is 5. The van der Waals surface area contributed by atoms with Crippen LogP contribution in [0.25, 0.3) is 0 Å². The van der Waals surface area contributed by atoms with Crippen molar-refractivity contribution >= 4 is 27.5 Å². The molecule has 0 fully saturated rings. The number of aryl methyl sites for hydroxylation is 2. The number of halogens is 1. The summed E-state index contributed by atoms with van der Waals surface area (Å²) in [7, 11) is 0. The van der Waals surface area contributed by atoms with Gasteiger partial charge >= 0.3 is 0 Å². The molecule has 0 saturated heterocycles. The molecule has 7 heteroatoms. The second kappa shape index (κ2) is 6.43. The van der Waals surface area contributed by atoms with Gasteiger partial charge < -0.3 is 10.1 Å². The van der Waals surface area contributed by atoms with Crippen LogP contribution in [-0.2, 0) is 0 Å². The Morgan fingerprint density at radius 2 is 2.24 bits per heavy atom. The van der Waals surface area contributed by atoms with Gasteiger partial charge in [-0.15, -0.1) is 0 Å². The van der Waals surface area contributed by atoms with Crippen molar-refractivity contribution in [3.8, 4) is 5.75 Å². The lowest BCUT2D eigenvalue weighted by Crippen LogP contribution is -2.35. The highest BCUT2D eigenvalue weighted by atomic mass is 79.9. The maximum absolute atomic E-state index is 11.2. The van der Waals surface area contributed by atoms with E-state index in [0.29, 0.717) is 15.8 Å². The minimum atomic E-state index is -0.391. The van der Waals surface area contributed by atoms with E-state index in [2.05, 4.69) is 26.2 Å². The van der Waals surface area contributed by atoms with Crippen LogP contribution in [0.1, 0.15) is 24.5 Å². The quantitative estimate of drug-likeness (QED) is 0.650. The number of nitrogens with one attached hydrogen (secondary N) is 1. The minimum absolute atomic E-state index is 0.0479. The van der Waals surface area contributed by atoms with Gasteiger partial charge in [0.25, 0.3) is 5.69 Å². The molecule has 1 heterocycles. The number of nitrogens with zero attached hydrogens (tertiary/aromatic N) is 2. The van der Waals surface area contributed by atoms with Crippen LogP contribution in [0.15, 0.2) is 15.5 Å². The fourth-order valence-electron chi connectivity index (χ4n) is 2.39. The maximum atomic E-state index is 11.2. The summed E-state index contributed by atoms with van der Waals surface area (Å²) in [4.78, 5) is 15.2. The van der Waals surface area contributed by atoms with Gasteiger partial charge in [-0.1, -0.05) is 6.92 Å². The van der Waals surface area contributed by atoms with E-state index in [1.807, 2.05) is 13.8 Å². The van der Waals surface area contributed by atoms with Gasteiger partial charge in [0.15, 0.2) is 6.10 Å². The zero-order valence-corrected chi connectivity index (χ0v) is 13.9. The standard InChI is InChI=1S/C14H18BrN3O3/c1-4-10(14-16-5-6-17-14)21-13-9(3)7-8(2)12(11(13)15)18(19)20/h7,10H,4-6H2,1-3H3,(H,16,17). The number of nitro groups is 1. The van der Waals surface area contributed by atoms with Gasteiger partial charge in [-0.25, -0.2) is 0 Å². The molecule has 1 atom stereocenters. The Bertz CT molecular complexity index is 602. The Hall–Kier alpha value is -1.63. The molecule has 21 heavy (non-hydrogen) atoms. The van der Waals surface area contributed by atoms with Crippen LogP contribution in [-0.4, -0.2) is 30.0 Å². The van der Waals surface area contributed by atoms with Crippen LogP contribution in [0.5, 0.6) is 5.75 Å². The first kappa shape index (κ1) is 15.8. The summed E-state index contributed by atoms with van der Waals surface area (Å²) in [5, 5.41) is 14.4. The van der Waals surface area contributed by atoms with Crippen molar-refractivity contribution in [3.63, 3.8) is 0 Å². The highest BCUT2D eigenvalue weighted by molar-refractivity contribution is 9.10. The van der Waals surface area contributed by atoms with Crippen LogP contribution >= 0.6 is 15.9 Å². The van der Waals surface area contributed by atoms with Gasteiger partial charge in [-0.3, -0.25) is 15.1 Å². The Morgan fingerprint density at radius 1 is 1.52 bits per heavy atom. The summed E-state index contributed by atoms with van der Waals surface area (Å²) in [6.45, 7) is 7.15. The largest absolute Gasteiger partial charge is 0.481 e. The Kier molecular flexibility index (Phi) is 4.82. The summed E-state index contributed by atoms with van der Waals surface area (Å²) in [6, 6.07) is 1.77. The molecule has 0 aromatic heterocycles. The van der Waals surface area contributed by atoms with E-state index < -0.39 is 4.92 Å². The zero-order valence-electron chi connectivity index (χ0n) is 12.3. The lowest BCUT2D eigenvalue weighted by molar-refractivity contribution is -0.386. The molecule has 1 aromatic carbocycles. The van der Waals surface area contributed by atoms with E-state index in [4.69, 9.17) is 4.74 Å². The summed E-state index contributed by atoms with van der Waals surface area (Å²) in [6.07, 6.45) is 0.518. The molecule has 0 bridgehead atoms. The molecule has 1 unspecified atom stereocenters. The fraction of sp³-hybridized carbons (Fsp3) is 0.500. The smallest absolute Gasteiger partial charge is 0.290 e. The van der Waals surface area contributed by atoms with Crippen molar-refractivity contribution in [2.45, 2.75) is 33.3 Å². The van der Waals surface area contributed by atoms with Gasteiger partial charge in [0.05, 0.1) is 11.5 Å². The maximum Gasteiger partial charge on any atom is 0.290 e. The second-order valence-electron chi connectivity index (χ2n) is 4.97. The lowest BCUT2D eigenvalue weighted by Gasteiger charge is -2.20. The third-order valence-corrected chi connectivity index (χ3v) is 4.13. The lowest BCUT2D eigenvalue weighted by atomic mass is 10.1. The summed E-state index contributed by atoms with van der Waals surface area (Å²) >= 11 is 3.32. The average Bonchev–Trinajstić information content (AvgIpc) is 2.91. The third kappa shape index (κ3) is 3.18. The van der Waals surface area contributed by atoms with Crippen LogP contribution in [0.4, 0.5) is 5.69 Å². The van der Waals surface area contributed by atoms with E-state index in [1.54, 1.807) is 13.0 Å². The van der Waals surface area contributed by atoms with Crippen LogP contribution < -0.4 is 10.1 Å². The van der Waals surface area contributed by atoms with Crippen molar-refractivity contribution in [1.29, 1.82) is 0 Å². The van der Waals surface area contributed by atoms with E-state index in [1.165, 1.54) is 0 Å². The van der Waals surface area contributed by atoms with Gasteiger partial charge in [0.2, 0.25) is 0 Å². The molecule has 0 saturated carbocycles. The molecular weight excluding hydrogens is 338 g/mol. The molecule has 2 rings (SSSR count). The first-order valence-corrected chi connectivity index (χ1v) is 7.64. The Balaban J connectivity index is 2.39. The number of ether oxygens (including phenoxy) is 1. The third-order valence-electron chi connectivity index (χ3n) is 3.39. The number of benzene rings is 1. The van der Waals surface area contributed by atoms with E-state index in [0.717, 1.165) is 30.9 Å². The van der Waals surface area contributed by atoms with E-state index in [-0.39, 0.29) is 11.8 Å². The molecule has 1 aliphatic rings. The second-order valence-corrected chi connectivity index (χ2v) is 5.76. The van der Waals surface area contributed by atoms with Gasteiger partial charge in [-0.05, 0) is 47.8 Å². The minimum Gasteiger partial charge on any atom is -0.481 e. The van der Waals surface area contributed by atoms with Gasteiger partial charge in [0.1, 0.15) is 16.1 Å². The number of aliphatic imine (C=N–C) groups is 1. The number of amidine groups is 1. The normalized spacial score (nSPS) is 15.3. The van der Waals surface area contributed by atoms with Crippen molar-refractivity contribution in [2.75, 3.05) is 13.1 Å². The first-order valence-electron chi connectivity index (χ1n) is 6.84. The van der Waals surface area contributed by atoms with E-state index >= 15 is 0 Å². The van der Waals surface area contributed by atoms with Crippen molar-refractivity contribution < 1.29 is 9.66 Å². The molecule has 0 amide bonds. The molecule has 0 radical (unpaired) electrons. The monoisotopic (exact) mass is 355 g/mol. The molecule has 0 spiro atoms. The SMILES string of the molecule is CCC(Oc1c(C)cc(C)c([N+](=O)[O-])c1Br)C1=NCCN1. The molecule has 0 aliphatic carbocycles. The fourth-order valence-corrected chi connectivity index (χ4v) is 3.25.